The average molecular weight is 357 g/mol. The number of para-hydroxylation sites is 1. The number of aliphatic hydroxyl groups excluding tert-OH is 1. The Morgan fingerprint density at radius 3 is 2.77 bits per heavy atom. The molecule has 0 amide bonds. The monoisotopic (exact) mass is 357 g/mol. The Morgan fingerprint density at radius 2 is 2.05 bits per heavy atom. The Labute approximate surface area is 133 Å². The third-order valence-electron chi connectivity index (χ3n) is 3.55. The number of aryl methyl sites for hydroxylation is 1. The summed E-state index contributed by atoms with van der Waals surface area (Å²) in [5.74, 6) is 0. The van der Waals surface area contributed by atoms with Gasteiger partial charge in [-0.2, -0.15) is 0 Å². The van der Waals surface area contributed by atoms with E-state index in [1.165, 1.54) is 0 Å². The number of benzene rings is 2. The van der Waals surface area contributed by atoms with Crippen LogP contribution in [0.4, 0.5) is 5.69 Å². The van der Waals surface area contributed by atoms with Crippen LogP contribution in [0.1, 0.15) is 5.56 Å². The Kier molecular flexibility index (Phi) is 4.10. The van der Waals surface area contributed by atoms with Crippen LogP contribution in [0.25, 0.3) is 21.8 Å². The zero-order valence-electron chi connectivity index (χ0n) is 12.0. The molecule has 0 saturated heterocycles. The van der Waals surface area contributed by atoms with E-state index < -0.39 is 0 Å². The van der Waals surface area contributed by atoms with E-state index in [2.05, 4.69) is 4.98 Å². The number of aliphatic hydroxyl groups is 1. The van der Waals surface area contributed by atoms with E-state index in [1.807, 2.05) is 31.2 Å². The molecule has 1 radical (unpaired) electrons. The fourth-order valence-corrected chi connectivity index (χ4v) is 4.79. The third-order valence-corrected chi connectivity index (χ3v) is 6.08. The summed E-state index contributed by atoms with van der Waals surface area (Å²) in [4.78, 5) is 15.7. The van der Waals surface area contributed by atoms with Crippen molar-refractivity contribution in [1.82, 2.24) is 4.98 Å². The van der Waals surface area contributed by atoms with Gasteiger partial charge in [-0.15, -0.1) is 0 Å². The van der Waals surface area contributed by atoms with E-state index in [0.717, 1.165) is 20.8 Å². The second kappa shape index (κ2) is 6.03. The maximum atomic E-state index is 11.4. The van der Waals surface area contributed by atoms with Crippen molar-refractivity contribution in [2.75, 3.05) is 6.61 Å². The van der Waals surface area contributed by atoms with Crippen molar-refractivity contribution in [3.8, 4) is 0 Å². The van der Waals surface area contributed by atoms with Gasteiger partial charge in [0, 0.05) is 0 Å². The quantitative estimate of drug-likeness (QED) is 0.337. The Hall–Kier alpha value is -1.97. The number of rotatable bonds is 4. The molecule has 1 N–H and O–H groups in total. The predicted molar refractivity (Wildman–Crippen MR) is 87.9 cm³/mol. The van der Waals surface area contributed by atoms with E-state index in [9.17, 15) is 15.2 Å². The van der Waals surface area contributed by atoms with Crippen LogP contribution in [0.3, 0.4) is 0 Å². The van der Waals surface area contributed by atoms with Gasteiger partial charge in [-0.25, -0.2) is 0 Å². The molecule has 0 unspecified atom stereocenters. The van der Waals surface area contributed by atoms with Gasteiger partial charge < -0.3 is 0 Å². The van der Waals surface area contributed by atoms with Gasteiger partial charge in [-0.3, -0.25) is 0 Å². The Morgan fingerprint density at radius 1 is 1.27 bits per heavy atom. The van der Waals surface area contributed by atoms with E-state index >= 15 is 0 Å². The standard InChI is InChI=1S/C16H14AsN2O3/c1-10-6-7-13(19(21)22)14-15(17-8-9-20)11-4-2-3-5-12(11)18-16(10)14/h2-7,20H,8-9H2,1H3. The van der Waals surface area contributed by atoms with Gasteiger partial charge >= 0.3 is 133 Å². The van der Waals surface area contributed by atoms with Crippen molar-refractivity contribution in [1.29, 1.82) is 0 Å². The third kappa shape index (κ3) is 2.47. The number of nitro benzene ring substituents is 1. The molecule has 2 aromatic carbocycles. The molecule has 1 heterocycles. The topological polar surface area (TPSA) is 76.3 Å². The summed E-state index contributed by atoms with van der Waals surface area (Å²) in [6, 6.07) is 11.0. The molecule has 0 spiro atoms. The summed E-state index contributed by atoms with van der Waals surface area (Å²) in [5.41, 5.74) is 2.57. The molecule has 0 aliphatic heterocycles. The first kappa shape index (κ1) is 14.9. The van der Waals surface area contributed by atoms with Gasteiger partial charge in [-0.05, 0) is 0 Å². The molecular formula is C16H14AsN2O3. The van der Waals surface area contributed by atoms with Crippen LogP contribution >= 0.6 is 0 Å². The summed E-state index contributed by atoms with van der Waals surface area (Å²) in [6.07, 6.45) is 0. The SMILES string of the molecule is Cc1ccc([N+](=O)[O-])c2c([As]CCO)c3ccccc3nc12. The van der Waals surface area contributed by atoms with Gasteiger partial charge in [0.1, 0.15) is 0 Å². The number of pyridine rings is 1. The molecule has 6 heteroatoms. The molecule has 0 atom stereocenters. The summed E-state index contributed by atoms with van der Waals surface area (Å²) < 4.78 is 0.987. The summed E-state index contributed by atoms with van der Waals surface area (Å²) >= 11 is -0.363. The normalized spacial score (nSPS) is 11.7. The molecule has 22 heavy (non-hydrogen) atoms. The minimum absolute atomic E-state index is 0.0950. The van der Waals surface area contributed by atoms with Gasteiger partial charge in [-0.1, -0.05) is 0 Å². The molecule has 0 aliphatic rings. The fourth-order valence-electron chi connectivity index (χ4n) is 2.57. The molecule has 0 fully saturated rings. The molecule has 1 aromatic heterocycles. The second-order valence-electron chi connectivity index (χ2n) is 4.97. The molecule has 5 nitrogen and oxygen atoms in total. The van der Waals surface area contributed by atoms with Crippen molar-refractivity contribution in [2.24, 2.45) is 0 Å². The van der Waals surface area contributed by atoms with Crippen molar-refractivity contribution >= 4 is 47.6 Å². The maximum absolute atomic E-state index is 11.4. The number of nitrogens with zero attached hydrogens (tertiary/aromatic N) is 2. The van der Waals surface area contributed by atoms with Gasteiger partial charge in [0.05, 0.1) is 0 Å². The zero-order valence-corrected chi connectivity index (χ0v) is 13.9. The van der Waals surface area contributed by atoms with Crippen LogP contribution < -0.4 is 4.35 Å². The number of fused-ring (bicyclic) bond motifs is 2. The zero-order chi connectivity index (χ0) is 15.7. The molecular weight excluding hydrogens is 343 g/mol. The number of hydrogen-bond acceptors (Lipinski definition) is 4. The van der Waals surface area contributed by atoms with Crippen LogP contribution in [0.5, 0.6) is 0 Å². The van der Waals surface area contributed by atoms with E-state index in [-0.39, 0.29) is 33.0 Å². The van der Waals surface area contributed by atoms with E-state index in [0.29, 0.717) is 16.1 Å². The first-order valence-electron chi connectivity index (χ1n) is 6.88. The van der Waals surface area contributed by atoms with Gasteiger partial charge in [0.15, 0.2) is 0 Å². The van der Waals surface area contributed by atoms with Gasteiger partial charge in [0.25, 0.3) is 0 Å². The summed E-state index contributed by atoms with van der Waals surface area (Å²) in [5, 5.41) is 22.9. The summed E-state index contributed by atoms with van der Waals surface area (Å²) in [6.45, 7) is 2.01. The van der Waals surface area contributed by atoms with Crippen molar-refractivity contribution in [2.45, 2.75) is 12.1 Å². The van der Waals surface area contributed by atoms with E-state index in [1.54, 1.807) is 12.1 Å². The van der Waals surface area contributed by atoms with Crippen LogP contribution in [-0.4, -0.2) is 37.4 Å². The Bertz CT molecular complexity index is 880. The number of aromatic nitrogens is 1. The molecule has 111 valence electrons. The first-order valence-corrected chi connectivity index (χ1v) is 9.15. The minimum atomic E-state index is -0.363. The Balaban J connectivity index is 2.48. The molecule has 3 aromatic rings. The average Bonchev–Trinajstić information content (AvgIpc) is 2.52. The van der Waals surface area contributed by atoms with Crippen molar-refractivity contribution in [3.63, 3.8) is 0 Å². The molecule has 0 aliphatic carbocycles. The molecule has 0 bridgehead atoms. The number of non-ortho nitro benzene ring substituents is 1. The van der Waals surface area contributed by atoms with Crippen LogP contribution in [-0.2, 0) is 0 Å². The first-order chi connectivity index (χ1) is 10.6. The van der Waals surface area contributed by atoms with Crippen molar-refractivity contribution in [3.05, 3.63) is 52.1 Å². The molecule has 3 rings (SSSR count). The predicted octanol–water partition coefficient (Wildman–Crippen LogP) is 2.34. The van der Waals surface area contributed by atoms with Crippen molar-refractivity contribution < 1.29 is 10.0 Å². The van der Waals surface area contributed by atoms with E-state index in [4.69, 9.17) is 0 Å². The molecule has 0 saturated carbocycles. The van der Waals surface area contributed by atoms with Crippen LogP contribution in [0.2, 0.25) is 5.21 Å². The number of hydrogen-bond donors (Lipinski definition) is 1. The number of nitro groups is 1. The van der Waals surface area contributed by atoms with Crippen LogP contribution in [0, 0.1) is 17.0 Å². The fraction of sp³-hybridized carbons (Fsp3) is 0.188. The second-order valence-corrected chi connectivity index (χ2v) is 7.51. The van der Waals surface area contributed by atoms with Gasteiger partial charge in [0.2, 0.25) is 0 Å². The van der Waals surface area contributed by atoms with Crippen LogP contribution in [0.15, 0.2) is 36.4 Å². The summed E-state index contributed by atoms with van der Waals surface area (Å²) in [7, 11) is 0.